The molecule has 1 unspecified atom stereocenters. The summed E-state index contributed by atoms with van der Waals surface area (Å²) < 4.78 is 0. The minimum atomic E-state index is -0.625. The summed E-state index contributed by atoms with van der Waals surface area (Å²) in [5, 5.41) is 32.1. The molecule has 0 radical (unpaired) electrons. The fraction of sp³-hybridized carbons (Fsp3) is 0.588. The SMILES string of the molecule is CC1CCC(CO)(NCC(O)c2ccc(C#N)cc2)CC1. The zero-order chi connectivity index (χ0) is 15.3. The number of aliphatic hydroxyl groups is 2. The number of aliphatic hydroxyl groups excluding tert-OH is 2. The van der Waals surface area contributed by atoms with Crippen molar-refractivity contribution in [3.8, 4) is 6.07 Å². The van der Waals surface area contributed by atoms with Crippen LogP contribution in [0, 0.1) is 17.2 Å². The Hall–Kier alpha value is -1.41. The number of nitrogens with zero attached hydrogens (tertiary/aromatic N) is 1. The van der Waals surface area contributed by atoms with Crippen molar-refractivity contribution in [2.45, 2.75) is 44.2 Å². The van der Waals surface area contributed by atoms with Crippen molar-refractivity contribution in [2.24, 2.45) is 5.92 Å². The summed E-state index contributed by atoms with van der Waals surface area (Å²) in [7, 11) is 0. The van der Waals surface area contributed by atoms with Crippen molar-refractivity contribution >= 4 is 0 Å². The average Bonchev–Trinajstić information content (AvgIpc) is 2.54. The molecule has 2 rings (SSSR count). The van der Waals surface area contributed by atoms with E-state index in [1.807, 2.05) is 0 Å². The molecule has 0 aromatic heterocycles. The van der Waals surface area contributed by atoms with Crippen LogP contribution in [0.25, 0.3) is 0 Å². The lowest BCUT2D eigenvalue weighted by Crippen LogP contribution is -2.52. The molecule has 1 atom stereocenters. The van der Waals surface area contributed by atoms with Crippen LogP contribution in [0.4, 0.5) is 0 Å². The first-order chi connectivity index (χ1) is 10.1. The lowest BCUT2D eigenvalue weighted by Gasteiger charge is -2.39. The van der Waals surface area contributed by atoms with Gasteiger partial charge in [0.05, 0.1) is 24.3 Å². The lowest BCUT2D eigenvalue weighted by atomic mass is 9.77. The summed E-state index contributed by atoms with van der Waals surface area (Å²) in [5.74, 6) is 0.718. The summed E-state index contributed by atoms with van der Waals surface area (Å²) in [5.41, 5.74) is 1.13. The molecule has 4 nitrogen and oxygen atoms in total. The third kappa shape index (κ3) is 4.04. The van der Waals surface area contributed by atoms with Crippen LogP contribution >= 0.6 is 0 Å². The van der Waals surface area contributed by atoms with Gasteiger partial charge in [-0.2, -0.15) is 5.26 Å². The topological polar surface area (TPSA) is 76.3 Å². The van der Waals surface area contributed by atoms with E-state index in [9.17, 15) is 10.2 Å². The Balaban J connectivity index is 1.92. The molecule has 0 bridgehead atoms. The van der Waals surface area contributed by atoms with E-state index in [0.717, 1.165) is 37.2 Å². The summed E-state index contributed by atoms with van der Waals surface area (Å²) in [6.45, 7) is 2.77. The van der Waals surface area contributed by atoms with Gasteiger partial charge in [-0.3, -0.25) is 0 Å². The maximum Gasteiger partial charge on any atom is 0.0991 e. The van der Waals surface area contributed by atoms with Gasteiger partial charge in [-0.1, -0.05) is 19.1 Å². The standard InChI is InChI=1S/C17H24N2O2/c1-13-6-8-17(12-20,9-7-13)19-11-16(21)15-4-2-14(10-18)3-5-15/h2-5,13,16,19-21H,6-9,11-12H2,1H3. The molecule has 1 saturated carbocycles. The highest BCUT2D eigenvalue weighted by Gasteiger charge is 2.33. The van der Waals surface area contributed by atoms with Crippen LogP contribution in [-0.2, 0) is 0 Å². The van der Waals surface area contributed by atoms with Gasteiger partial charge in [-0.05, 0) is 49.3 Å². The van der Waals surface area contributed by atoms with Gasteiger partial charge in [0.25, 0.3) is 0 Å². The smallest absolute Gasteiger partial charge is 0.0991 e. The summed E-state index contributed by atoms with van der Waals surface area (Å²) in [4.78, 5) is 0. The number of hydrogen-bond acceptors (Lipinski definition) is 4. The largest absolute Gasteiger partial charge is 0.394 e. The van der Waals surface area contributed by atoms with Crippen LogP contribution in [0.2, 0.25) is 0 Å². The Morgan fingerprint density at radius 2 is 1.95 bits per heavy atom. The molecular formula is C17H24N2O2. The fourth-order valence-electron chi connectivity index (χ4n) is 2.92. The van der Waals surface area contributed by atoms with Gasteiger partial charge in [0.1, 0.15) is 0 Å². The number of benzene rings is 1. The van der Waals surface area contributed by atoms with Crippen molar-refractivity contribution in [1.29, 1.82) is 5.26 Å². The molecule has 1 aromatic carbocycles. The second-order valence-corrected chi connectivity index (χ2v) is 6.25. The predicted octanol–water partition coefficient (Wildman–Crippen LogP) is 2.12. The van der Waals surface area contributed by atoms with E-state index >= 15 is 0 Å². The molecule has 114 valence electrons. The highest BCUT2D eigenvalue weighted by atomic mass is 16.3. The molecule has 0 saturated heterocycles. The Labute approximate surface area is 126 Å². The van der Waals surface area contributed by atoms with Gasteiger partial charge in [0.2, 0.25) is 0 Å². The Bertz CT molecular complexity index is 485. The van der Waals surface area contributed by atoms with Crippen molar-refractivity contribution in [1.82, 2.24) is 5.32 Å². The van der Waals surface area contributed by atoms with E-state index in [1.165, 1.54) is 0 Å². The molecule has 1 aliphatic rings. The van der Waals surface area contributed by atoms with Crippen molar-refractivity contribution in [3.63, 3.8) is 0 Å². The molecular weight excluding hydrogens is 264 g/mol. The van der Waals surface area contributed by atoms with Crippen molar-refractivity contribution < 1.29 is 10.2 Å². The normalized spacial score (nSPS) is 27.0. The first kappa shape index (κ1) is 16.0. The molecule has 0 spiro atoms. The van der Waals surface area contributed by atoms with Crippen LogP contribution in [0.5, 0.6) is 0 Å². The molecule has 1 fully saturated rings. The van der Waals surface area contributed by atoms with Crippen LogP contribution in [0.3, 0.4) is 0 Å². The maximum absolute atomic E-state index is 10.2. The Kier molecular flexibility index (Phi) is 5.35. The van der Waals surface area contributed by atoms with Gasteiger partial charge in [-0.15, -0.1) is 0 Å². The van der Waals surface area contributed by atoms with E-state index in [4.69, 9.17) is 5.26 Å². The summed E-state index contributed by atoms with van der Waals surface area (Å²) in [6.07, 6.45) is 3.50. The Morgan fingerprint density at radius 1 is 1.33 bits per heavy atom. The van der Waals surface area contributed by atoms with Crippen molar-refractivity contribution in [2.75, 3.05) is 13.2 Å². The van der Waals surface area contributed by atoms with Gasteiger partial charge < -0.3 is 15.5 Å². The average molecular weight is 288 g/mol. The minimum absolute atomic E-state index is 0.111. The molecule has 1 aliphatic carbocycles. The Morgan fingerprint density at radius 3 is 2.48 bits per heavy atom. The molecule has 21 heavy (non-hydrogen) atoms. The second kappa shape index (κ2) is 7.04. The zero-order valence-corrected chi connectivity index (χ0v) is 12.5. The van der Waals surface area contributed by atoms with Gasteiger partial charge >= 0.3 is 0 Å². The molecule has 0 heterocycles. The molecule has 0 amide bonds. The fourth-order valence-corrected chi connectivity index (χ4v) is 2.92. The predicted molar refractivity (Wildman–Crippen MR) is 81.6 cm³/mol. The van der Waals surface area contributed by atoms with E-state index in [-0.39, 0.29) is 12.1 Å². The number of nitriles is 1. The van der Waals surface area contributed by atoms with Crippen LogP contribution in [0.1, 0.15) is 49.8 Å². The quantitative estimate of drug-likeness (QED) is 0.775. The van der Waals surface area contributed by atoms with E-state index in [0.29, 0.717) is 12.1 Å². The highest BCUT2D eigenvalue weighted by molar-refractivity contribution is 5.32. The van der Waals surface area contributed by atoms with E-state index in [1.54, 1.807) is 24.3 Å². The molecule has 4 heteroatoms. The minimum Gasteiger partial charge on any atom is -0.394 e. The zero-order valence-electron chi connectivity index (χ0n) is 12.5. The molecule has 1 aromatic rings. The van der Waals surface area contributed by atoms with Crippen LogP contribution < -0.4 is 5.32 Å². The molecule has 0 aliphatic heterocycles. The summed E-state index contributed by atoms with van der Waals surface area (Å²) in [6, 6.07) is 9.04. The van der Waals surface area contributed by atoms with Crippen molar-refractivity contribution in [3.05, 3.63) is 35.4 Å². The number of hydrogen-bond donors (Lipinski definition) is 3. The monoisotopic (exact) mass is 288 g/mol. The van der Waals surface area contributed by atoms with Gasteiger partial charge in [-0.25, -0.2) is 0 Å². The molecule has 3 N–H and O–H groups in total. The number of β-amino-alcohol motifs (C(OH)–C–C–N with tert-alkyl or cyclic N) is 1. The third-order valence-electron chi connectivity index (χ3n) is 4.63. The van der Waals surface area contributed by atoms with Crippen LogP contribution in [0.15, 0.2) is 24.3 Å². The van der Waals surface area contributed by atoms with Gasteiger partial charge in [0, 0.05) is 12.1 Å². The lowest BCUT2D eigenvalue weighted by molar-refractivity contribution is 0.0836. The first-order valence-electron chi connectivity index (χ1n) is 7.62. The van der Waals surface area contributed by atoms with Crippen LogP contribution in [-0.4, -0.2) is 28.9 Å². The van der Waals surface area contributed by atoms with Gasteiger partial charge in [0.15, 0.2) is 0 Å². The summed E-state index contributed by atoms with van der Waals surface area (Å²) >= 11 is 0. The number of rotatable bonds is 5. The van der Waals surface area contributed by atoms with E-state index < -0.39 is 6.10 Å². The first-order valence-corrected chi connectivity index (χ1v) is 7.62. The number of nitrogens with one attached hydrogen (secondary N) is 1. The second-order valence-electron chi connectivity index (χ2n) is 6.25. The maximum atomic E-state index is 10.2. The van der Waals surface area contributed by atoms with E-state index in [2.05, 4.69) is 18.3 Å². The highest BCUT2D eigenvalue weighted by Crippen LogP contribution is 2.31. The third-order valence-corrected chi connectivity index (χ3v) is 4.63.